The van der Waals surface area contributed by atoms with Gasteiger partial charge in [-0.2, -0.15) is 0 Å². The van der Waals surface area contributed by atoms with Gasteiger partial charge in [-0.3, -0.25) is 4.79 Å². The summed E-state index contributed by atoms with van der Waals surface area (Å²) in [6.07, 6.45) is 17.2. The number of unbranched alkanes of at least 4 members (excludes halogenated alkanes) is 13. The van der Waals surface area contributed by atoms with Crippen molar-refractivity contribution in [3.05, 3.63) is 12.7 Å². The van der Waals surface area contributed by atoms with Crippen molar-refractivity contribution in [3.63, 3.8) is 0 Å². The molecule has 0 saturated heterocycles. The van der Waals surface area contributed by atoms with Gasteiger partial charge in [0.05, 0.1) is 10.1 Å². The first-order valence-electron chi connectivity index (χ1n) is 9.79. The number of carbonyl (C=O) groups excluding carboxylic acids is 1. The molecule has 1 N–H and O–H groups in total. The van der Waals surface area contributed by atoms with Gasteiger partial charge in [-0.25, -0.2) is 8.42 Å². The minimum Gasteiger partial charge on any atom is -0.748 e. The molecule has 0 aromatic heterocycles. The molecule has 0 saturated carbocycles. The summed E-state index contributed by atoms with van der Waals surface area (Å²) in [6.45, 7) is 4.17. The molecule has 0 aromatic rings. The van der Waals surface area contributed by atoms with Crippen LogP contribution in [0.4, 0.5) is 0 Å². The molecule has 148 valence electrons. The van der Waals surface area contributed by atoms with Gasteiger partial charge in [0, 0.05) is 12.3 Å². The van der Waals surface area contributed by atoms with Crippen LogP contribution in [0.5, 0.6) is 0 Å². The Labute approximate surface area is 182 Å². The maximum atomic E-state index is 10.9. The Morgan fingerprint density at radius 2 is 1.12 bits per heavy atom. The zero-order valence-electron chi connectivity index (χ0n) is 16.6. The third kappa shape index (κ3) is 24.1. The number of rotatable bonds is 18. The summed E-state index contributed by atoms with van der Waals surface area (Å²) < 4.78 is 31.3. The van der Waals surface area contributed by atoms with Gasteiger partial charge >= 0.3 is 29.6 Å². The quantitative estimate of drug-likeness (QED) is 0.163. The van der Waals surface area contributed by atoms with E-state index in [2.05, 4.69) is 11.9 Å². The molecule has 0 aliphatic heterocycles. The molecular weight excluding hydrogens is 361 g/mol. The van der Waals surface area contributed by atoms with Crippen molar-refractivity contribution >= 4 is 16.0 Å². The van der Waals surface area contributed by atoms with Crippen LogP contribution in [0.2, 0.25) is 0 Å². The van der Waals surface area contributed by atoms with Crippen LogP contribution in [0, 0.1) is 0 Å². The smallest absolute Gasteiger partial charge is 0.748 e. The van der Waals surface area contributed by atoms with Crippen molar-refractivity contribution in [1.82, 2.24) is 5.32 Å². The SMILES string of the molecule is C=CC(=O)NCCCCCCCCCCCCCCCCS(=O)(=O)[O-].[Na+]. The average molecular weight is 398 g/mol. The molecule has 26 heavy (non-hydrogen) atoms. The van der Waals surface area contributed by atoms with E-state index in [4.69, 9.17) is 0 Å². The van der Waals surface area contributed by atoms with Gasteiger partial charge in [-0.15, -0.1) is 0 Å². The molecule has 1 amide bonds. The first kappa shape index (κ1) is 28.3. The molecule has 0 fully saturated rings. The molecule has 0 bridgehead atoms. The molecule has 7 heteroatoms. The van der Waals surface area contributed by atoms with Crippen LogP contribution in [0.25, 0.3) is 0 Å². The Balaban J connectivity index is 0. The Morgan fingerprint density at radius 1 is 0.769 bits per heavy atom. The van der Waals surface area contributed by atoms with Gasteiger partial charge in [0.1, 0.15) is 0 Å². The van der Waals surface area contributed by atoms with E-state index in [1.165, 1.54) is 63.9 Å². The van der Waals surface area contributed by atoms with E-state index in [-0.39, 0.29) is 41.2 Å². The van der Waals surface area contributed by atoms with Crippen LogP contribution < -0.4 is 34.9 Å². The molecule has 0 atom stereocenters. The van der Waals surface area contributed by atoms with Crippen LogP contribution in [0.3, 0.4) is 0 Å². The fourth-order valence-electron chi connectivity index (χ4n) is 2.81. The molecule has 0 aliphatic carbocycles. The van der Waals surface area contributed by atoms with Crippen molar-refractivity contribution in [3.8, 4) is 0 Å². The minimum absolute atomic E-state index is 0. The van der Waals surface area contributed by atoms with Gasteiger partial charge in [0.2, 0.25) is 5.91 Å². The summed E-state index contributed by atoms with van der Waals surface area (Å²) >= 11 is 0. The van der Waals surface area contributed by atoms with Gasteiger partial charge in [0.15, 0.2) is 0 Å². The molecular formula is C19H36NNaO4S. The monoisotopic (exact) mass is 397 g/mol. The van der Waals surface area contributed by atoms with Gasteiger partial charge in [-0.05, 0) is 18.9 Å². The van der Waals surface area contributed by atoms with Crippen LogP contribution >= 0.6 is 0 Å². The van der Waals surface area contributed by atoms with Crippen LogP contribution in [0.15, 0.2) is 12.7 Å². The molecule has 0 heterocycles. The molecule has 0 spiro atoms. The summed E-state index contributed by atoms with van der Waals surface area (Å²) in [5, 5.41) is 2.79. The third-order valence-corrected chi connectivity index (χ3v) is 5.09. The summed E-state index contributed by atoms with van der Waals surface area (Å²) in [4.78, 5) is 10.9. The van der Waals surface area contributed by atoms with E-state index >= 15 is 0 Å². The maximum Gasteiger partial charge on any atom is 1.00 e. The molecule has 5 nitrogen and oxygen atoms in total. The average Bonchev–Trinajstić information content (AvgIpc) is 2.56. The topological polar surface area (TPSA) is 86.3 Å². The predicted octanol–water partition coefficient (Wildman–Crippen LogP) is 1.30. The minimum atomic E-state index is -4.02. The third-order valence-electron chi connectivity index (χ3n) is 4.31. The molecule has 0 aromatic carbocycles. The van der Waals surface area contributed by atoms with E-state index in [1.807, 2.05) is 0 Å². The fraction of sp³-hybridized carbons (Fsp3) is 0.842. The van der Waals surface area contributed by atoms with Gasteiger partial charge < -0.3 is 9.87 Å². The van der Waals surface area contributed by atoms with Crippen molar-refractivity contribution < 1.29 is 47.3 Å². The molecule has 0 unspecified atom stereocenters. The van der Waals surface area contributed by atoms with Crippen LogP contribution in [0.1, 0.15) is 89.9 Å². The Bertz CT molecular complexity index is 441. The van der Waals surface area contributed by atoms with Gasteiger partial charge in [0.25, 0.3) is 0 Å². The number of nitrogens with one attached hydrogen (secondary N) is 1. The van der Waals surface area contributed by atoms with Crippen molar-refractivity contribution in [2.24, 2.45) is 0 Å². The summed E-state index contributed by atoms with van der Waals surface area (Å²) in [5.41, 5.74) is 0. The summed E-state index contributed by atoms with van der Waals surface area (Å²) in [7, 11) is -4.02. The second-order valence-electron chi connectivity index (χ2n) is 6.71. The van der Waals surface area contributed by atoms with Crippen LogP contribution in [-0.2, 0) is 14.9 Å². The standard InChI is InChI=1S/C19H37NO4S.Na/c1-2-19(21)20-17-15-13-11-9-7-5-3-4-6-8-10-12-14-16-18-25(22,23)24;/h2H,1,3-18H2,(H,20,21)(H,22,23,24);/q;+1/p-1. The van der Waals surface area contributed by atoms with Crippen molar-refractivity contribution in [2.75, 3.05) is 12.3 Å². The second-order valence-corrected chi connectivity index (χ2v) is 8.23. The Hall–Kier alpha value is 0.120. The molecule has 0 radical (unpaired) electrons. The molecule has 0 rings (SSSR count). The van der Waals surface area contributed by atoms with Crippen molar-refractivity contribution in [2.45, 2.75) is 89.9 Å². The number of carbonyl (C=O) groups is 1. The number of hydrogen-bond acceptors (Lipinski definition) is 4. The largest absolute Gasteiger partial charge is 1.00 e. The zero-order valence-corrected chi connectivity index (χ0v) is 19.5. The van der Waals surface area contributed by atoms with E-state index < -0.39 is 10.1 Å². The first-order valence-corrected chi connectivity index (χ1v) is 11.4. The van der Waals surface area contributed by atoms with Crippen LogP contribution in [-0.4, -0.2) is 31.2 Å². The normalized spacial score (nSPS) is 11.0. The first-order chi connectivity index (χ1) is 12.0. The summed E-state index contributed by atoms with van der Waals surface area (Å²) in [5.74, 6) is -0.299. The Kier molecular flexibility index (Phi) is 21.7. The van der Waals surface area contributed by atoms with E-state index in [1.54, 1.807) is 0 Å². The Morgan fingerprint density at radius 3 is 1.46 bits per heavy atom. The predicted molar refractivity (Wildman–Crippen MR) is 102 cm³/mol. The number of amides is 1. The van der Waals surface area contributed by atoms with E-state index in [0.29, 0.717) is 6.42 Å². The molecule has 0 aliphatic rings. The van der Waals surface area contributed by atoms with Gasteiger partial charge in [-0.1, -0.05) is 83.6 Å². The second kappa shape index (κ2) is 19.9. The fourth-order valence-corrected chi connectivity index (χ4v) is 3.37. The number of hydrogen-bond donors (Lipinski definition) is 1. The van der Waals surface area contributed by atoms with Crippen molar-refractivity contribution in [1.29, 1.82) is 0 Å². The van der Waals surface area contributed by atoms with E-state index in [9.17, 15) is 17.8 Å². The van der Waals surface area contributed by atoms with E-state index in [0.717, 1.165) is 32.2 Å². The maximum absolute atomic E-state index is 10.9. The zero-order chi connectivity index (χ0) is 18.8. The summed E-state index contributed by atoms with van der Waals surface area (Å²) in [6, 6.07) is 0.